The molecule has 0 saturated carbocycles. The van der Waals surface area contributed by atoms with Gasteiger partial charge in [0.05, 0.1) is 13.2 Å². The molecule has 0 radical (unpaired) electrons. The number of likely N-dealkylation sites (N-methyl/N-ethyl adjacent to an activating group) is 1. The third-order valence-electron chi connectivity index (χ3n) is 2.09. The average molecular weight is 195 g/mol. The van der Waals surface area contributed by atoms with Crippen molar-refractivity contribution in [2.75, 3.05) is 20.7 Å². The van der Waals surface area contributed by atoms with Crippen LogP contribution in [0.15, 0.2) is 24.3 Å². The number of ether oxygens (including phenoxy) is 1. The molecule has 0 spiro atoms. The quantitative estimate of drug-likeness (QED) is 0.731. The minimum Gasteiger partial charge on any atom is -0.496 e. The summed E-state index contributed by atoms with van der Waals surface area (Å²) in [6.07, 6.45) is 0.251. The Kier molecular flexibility index (Phi) is 4.43. The van der Waals surface area contributed by atoms with E-state index in [2.05, 4.69) is 5.32 Å². The summed E-state index contributed by atoms with van der Waals surface area (Å²) in [7, 11) is 3.47. The van der Waals surface area contributed by atoms with E-state index in [0.717, 1.165) is 11.3 Å². The highest BCUT2D eigenvalue weighted by Gasteiger charge is 2.07. The highest BCUT2D eigenvalue weighted by atomic mass is 16.5. The summed E-state index contributed by atoms with van der Waals surface area (Å²) >= 11 is 0. The SMILES string of the molecule is CNCC(O)Cc1ccccc1OC. The van der Waals surface area contributed by atoms with Gasteiger partial charge in [-0.2, -0.15) is 0 Å². The van der Waals surface area contributed by atoms with Gasteiger partial charge in [-0.05, 0) is 18.7 Å². The minimum absolute atomic E-state index is 0.365. The molecule has 3 nitrogen and oxygen atoms in total. The zero-order valence-corrected chi connectivity index (χ0v) is 8.66. The van der Waals surface area contributed by atoms with Gasteiger partial charge in [-0.25, -0.2) is 0 Å². The molecule has 1 aromatic carbocycles. The number of hydrogen-bond donors (Lipinski definition) is 2. The Labute approximate surface area is 84.7 Å². The molecule has 3 heteroatoms. The van der Waals surface area contributed by atoms with E-state index >= 15 is 0 Å². The first-order valence-corrected chi connectivity index (χ1v) is 4.72. The Morgan fingerprint density at radius 1 is 1.43 bits per heavy atom. The topological polar surface area (TPSA) is 41.5 Å². The fourth-order valence-corrected chi connectivity index (χ4v) is 1.43. The van der Waals surface area contributed by atoms with Gasteiger partial charge < -0.3 is 15.2 Å². The summed E-state index contributed by atoms with van der Waals surface area (Å²) in [5, 5.41) is 12.5. The van der Waals surface area contributed by atoms with Gasteiger partial charge in [-0.15, -0.1) is 0 Å². The molecule has 0 fully saturated rings. The van der Waals surface area contributed by atoms with Crippen molar-refractivity contribution in [2.24, 2.45) is 0 Å². The van der Waals surface area contributed by atoms with Gasteiger partial charge in [-0.3, -0.25) is 0 Å². The van der Waals surface area contributed by atoms with Crippen molar-refractivity contribution >= 4 is 0 Å². The Morgan fingerprint density at radius 2 is 2.14 bits per heavy atom. The predicted molar refractivity (Wildman–Crippen MR) is 56.6 cm³/mol. The van der Waals surface area contributed by atoms with Crippen LogP contribution in [0, 0.1) is 0 Å². The molecular formula is C11H17NO2. The van der Waals surface area contributed by atoms with Crippen molar-refractivity contribution in [1.29, 1.82) is 0 Å². The highest BCUT2D eigenvalue weighted by molar-refractivity contribution is 5.33. The molecule has 14 heavy (non-hydrogen) atoms. The summed E-state index contributed by atoms with van der Waals surface area (Å²) in [6, 6.07) is 7.75. The van der Waals surface area contributed by atoms with E-state index in [1.165, 1.54) is 0 Å². The number of methoxy groups -OCH3 is 1. The lowest BCUT2D eigenvalue weighted by molar-refractivity contribution is 0.173. The second-order valence-corrected chi connectivity index (χ2v) is 3.23. The van der Waals surface area contributed by atoms with E-state index in [0.29, 0.717) is 13.0 Å². The van der Waals surface area contributed by atoms with E-state index in [9.17, 15) is 5.11 Å². The Morgan fingerprint density at radius 3 is 2.79 bits per heavy atom. The molecule has 0 bridgehead atoms. The number of aliphatic hydroxyl groups is 1. The maximum atomic E-state index is 9.60. The van der Waals surface area contributed by atoms with Crippen molar-refractivity contribution < 1.29 is 9.84 Å². The van der Waals surface area contributed by atoms with Crippen molar-refractivity contribution in [1.82, 2.24) is 5.32 Å². The molecule has 1 rings (SSSR count). The Hall–Kier alpha value is -1.06. The second-order valence-electron chi connectivity index (χ2n) is 3.23. The number of benzene rings is 1. The van der Waals surface area contributed by atoms with Gasteiger partial charge in [0.25, 0.3) is 0 Å². The third kappa shape index (κ3) is 3.01. The lowest BCUT2D eigenvalue weighted by atomic mass is 10.1. The number of aliphatic hydroxyl groups excluding tert-OH is 1. The molecule has 0 aliphatic heterocycles. The molecule has 0 aliphatic carbocycles. The number of nitrogens with one attached hydrogen (secondary N) is 1. The standard InChI is InChI=1S/C11H17NO2/c1-12-8-10(13)7-9-5-3-4-6-11(9)14-2/h3-6,10,12-13H,7-8H2,1-2H3. The lowest BCUT2D eigenvalue weighted by Crippen LogP contribution is -2.25. The van der Waals surface area contributed by atoms with Gasteiger partial charge in [-0.1, -0.05) is 18.2 Å². The molecule has 0 heterocycles. The molecule has 1 aromatic rings. The maximum absolute atomic E-state index is 9.60. The van der Waals surface area contributed by atoms with E-state index in [4.69, 9.17) is 4.74 Å². The first kappa shape index (κ1) is 11.0. The average Bonchev–Trinajstić information content (AvgIpc) is 2.19. The van der Waals surface area contributed by atoms with Crippen LogP contribution in [0.5, 0.6) is 5.75 Å². The molecule has 2 N–H and O–H groups in total. The smallest absolute Gasteiger partial charge is 0.122 e. The van der Waals surface area contributed by atoms with Crippen LogP contribution in [0.3, 0.4) is 0 Å². The summed E-state index contributed by atoms with van der Waals surface area (Å²) in [5.74, 6) is 0.836. The zero-order chi connectivity index (χ0) is 10.4. The van der Waals surface area contributed by atoms with Crippen LogP contribution in [-0.2, 0) is 6.42 Å². The Balaban J connectivity index is 2.65. The molecule has 0 aliphatic rings. The van der Waals surface area contributed by atoms with Gasteiger partial charge in [0.1, 0.15) is 5.75 Å². The fraction of sp³-hybridized carbons (Fsp3) is 0.455. The van der Waals surface area contributed by atoms with Gasteiger partial charge in [0.15, 0.2) is 0 Å². The molecule has 1 atom stereocenters. The van der Waals surface area contributed by atoms with Gasteiger partial charge >= 0.3 is 0 Å². The minimum atomic E-state index is -0.365. The molecular weight excluding hydrogens is 178 g/mol. The van der Waals surface area contributed by atoms with Crippen molar-refractivity contribution in [3.05, 3.63) is 29.8 Å². The van der Waals surface area contributed by atoms with Crippen LogP contribution < -0.4 is 10.1 Å². The van der Waals surface area contributed by atoms with Gasteiger partial charge in [0.2, 0.25) is 0 Å². The normalized spacial score (nSPS) is 12.5. The third-order valence-corrected chi connectivity index (χ3v) is 2.09. The van der Waals surface area contributed by atoms with Crippen LogP contribution in [0.4, 0.5) is 0 Å². The first-order valence-electron chi connectivity index (χ1n) is 4.72. The summed E-state index contributed by atoms with van der Waals surface area (Å²) in [6.45, 7) is 0.595. The van der Waals surface area contributed by atoms with Crippen LogP contribution in [-0.4, -0.2) is 31.9 Å². The molecule has 0 amide bonds. The Bertz CT molecular complexity index is 276. The largest absolute Gasteiger partial charge is 0.496 e. The number of rotatable bonds is 5. The number of hydrogen-bond acceptors (Lipinski definition) is 3. The summed E-state index contributed by atoms with van der Waals surface area (Å²) in [5.41, 5.74) is 1.04. The second kappa shape index (κ2) is 5.62. The highest BCUT2D eigenvalue weighted by Crippen LogP contribution is 2.18. The molecule has 0 saturated heterocycles. The molecule has 78 valence electrons. The summed E-state index contributed by atoms with van der Waals surface area (Å²) < 4.78 is 5.19. The number of para-hydroxylation sites is 1. The van der Waals surface area contributed by atoms with Crippen molar-refractivity contribution in [3.8, 4) is 5.75 Å². The van der Waals surface area contributed by atoms with Gasteiger partial charge in [0, 0.05) is 13.0 Å². The maximum Gasteiger partial charge on any atom is 0.122 e. The van der Waals surface area contributed by atoms with E-state index in [-0.39, 0.29) is 6.10 Å². The van der Waals surface area contributed by atoms with Crippen LogP contribution in [0.1, 0.15) is 5.56 Å². The van der Waals surface area contributed by atoms with E-state index in [1.54, 1.807) is 7.11 Å². The lowest BCUT2D eigenvalue weighted by Gasteiger charge is -2.12. The van der Waals surface area contributed by atoms with Crippen LogP contribution >= 0.6 is 0 Å². The monoisotopic (exact) mass is 195 g/mol. The van der Waals surface area contributed by atoms with Crippen molar-refractivity contribution in [3.63, 3.8) is 0 Å². The van der Waals surface area contributed by atoms with Crippen LogP contribution in [0.25, 0.3) is 0 Å². The van der Waals surface area contributed by atoms with Crippen LogP contribution in [0.2, 0.25) is 0 Å². The predicted octanol–water partition coefficient (Wildman–Crippen LogP) is 0.818. The first-order chi connectivity index (χ1) is 6.77. The van der Waals surface area contributed by atoms with E-state index in [1.807, 2.05) is 31.3 Å². The fourth-order valence-electron chi connectivity index (χ4n) is 1.43. The zero-order valence-electron chi connectivity index (χ0n) is 8.66. The summed E-state index contributed by atoms with van der Waals surface area (Å²) in [4.78, 5) is 0. The molecule has 1 unspecified atom stereocenters. The van der Waals surface area contributed by atoms with Crippen molar-refractivity contribution in [2.45, 2.75) is 12.5 Å². The molecule has 0 aromatic heterocycles. The van der Waals surface area contributed by atoms with E-state index < -0.39 is 0 Å².